The first-order valence-electron chi connectivity index (χ1n) is 6.09. The first-order chi connectivity index (χ1) is 9.25. The quantitative estimate of drug-likeness (QED) is 0.781. The van der Waals surface area contributed by atoms with Gasteiger partial charge >= 0.3 is 0 Å². The van der Waals surface area contributed by atoms with Gasteiger partial charge in [0.2, 0.25) is 0 Å². The molecule has 4 heteroatoms. The van der Waals surface area contributed by atoms with Crippen LogP contribution in [-0.2, 0) is 6.54 Å². The highest BCUT2D eigenvalue weighted by Gasteiger charge is 2.16. The molecule has 0 fully saturated rings. The predicted molar refractivity (Wildman–Crippen MR) is 72.8 cm³/mol. The number of aromatic nitrogens is 1. The van der Waals surface area contributed by atoms with Gasteiger partial charge in [-0.3, -0.25) is 4.79 Å². The molecule has 4 nitrogen and oxygen atoms in total. The molecule has 3 rings (SSSR count). The Hall–Kier alpha value is -2.49. The number of aromatic amines is 1. The lowest BCUT2D eigenvalue weighted by molar-refractivity contribution is 0.0777. The van der Waals surface area contributed by atoms with E-state index in [0.717, 1.165) is 16.7 Å². The van der Waals surface area contributed by atoms with Crippen molar-refractivity contribution in [1.29, 1.82) is 0 Å². The average Bonchev–Trinajstić information content (AvgIpc) is 3.07. The number of rotatable bonds is 3. The third-order valence-corrected chi connectivity index (χ3v) is 3.14. The zero-order chi connectivity index (χ0) is 13.2. The van der Waals surface area contributed by atoms with Crippen molar-refractivity contribution in [3.8, 4) is 0 Å². The summed E-state index contributed by atoms with van der Waals surface area (Å²) in [5.41, 5.74) is 1.55. The Kier molecular flexibility index (Phi) is 2.83. The van der Waals surface area contributed by atoms with Crippen LogP contribution >= 0.6 is 0 Å². The van der Waals surface area contributed by atoms with Crippen LogP contribution in [0.25, 0.3) is 10.9 Å². The van der Waals surface area contributed by atoms with Gasteiger partial charge in [0.1, 0.15) is 5.76 Å². The Morgan fingerprint density at radius 1 is 1.26 bits per heavy atom. The number of para-hydroxylation sites is 1. The number of H-pyrrole nitrogens is 1. The molecule has 96 valence electrons. The third-order valence-electron chi connectivity index (χ3n) is 3.14. The number of nitrogens with one attached hydrogen (secondary N) is 1. The molecule has 2 aromatic heterocycles. The topological polar surface area (TPSA) is 49.2 Å². The van der Waals surface area contributed by atoms with Gasteiger partial charge in [-0.1, -0.05) is 12.1 Å². The van der Waals surface area contributed by atoms with Crippen LogP contribution in [-0.4, -0.2) is 22.8 Å². The minimum atomic E-state index is -0.0237. The van der Waals surface area contributed by atoms with Crippen molar-refractivity contribution in [2.45, 2.75) is 6.54 Å². The lowest BCUT2D eigenvalue weighted by Crippen LogP contribution is -2.26. The molecule has 0 saturated carbocycles. The highest BCUT2D eigenvalue weighted by Crippen LogP contribution is 2.19. The third kappa shape index (κ3) is 2.12. The van der Waals surface area contributed by atoms with Crippen LogP contribution in [0.3, 0.4) is 0 Å². The number of nitrogens with zero attached hydrogens (tertiary/aromatic N) is 1. The van der Waals surface area contributed by atoms with E-state index in [0.29, 0.717) is 12.1 Å². The van der Waals surface area contributed by atoms with Crippen molar-refractivity contribution < 1.29 is 9.21 Å². The largest absolute Gasteiger partial charge is 0.467 e. The van der Waals surface area contributed by atoms with Crippen LogP contribution in [0.1, 0.15) is 16.1 Å². The SMILES string of the molecule is CN(Cc1ccco1)C(=O)c1cccc2cc[nH]c12. The van der Waals surface area contributed by atoms with Gasteiger partial charge in [0.05, 0.1) is 23.9 Å². The molecule has 0 atom stereocenters. The maximum Gasteiger partial charge on any atom is 0.256 e. The second-order valence-corrected chi connectivity index (χ2v) is 4.49. The lowest BCUT2D eigenvalue weighted by atomic mass is 10.1. The predicted octanol–water partition coefficient (Wildman–Crippen LogP) is 3.03. The Balaban J connectivity index is 1.89. The zero-order valence-corrected chi connectivity index (χ0v) is 10.6. The van der Waals surface area contributed by atoms with Crippen LogP contribution in [0.15, 0.2) is 53.3 Å². The average molecular weight is 254 g/mol. The molecular formula is C15H14N2O2. The number of carbonyl (C=O) groups is 1. The van der Waals surface area contributed by atoms with Crippen LogP contribution in [0.5, 0.6) is 0 Å². The lowest BCUT2D eigenvalue weighted by Gasteiger charge is -2.16. The molecule has 0 aliphatic carbocycles. The van der Waals surface area contributed by atoms with E-state index in [1.807, 2.05) is 42.6 Å². The van der Waals surface area contributed by atoms with E-state index in [9.17, 15) is 4.79 Å². The van der Waals surface area contributed by atoms with Gasteiger partial charge in [-0.25, -0.2) is 0 Å². The van der Waals surface area contributed by atoms with Crippen LogP contribution < -0.4 is 0 Å². The molecule has 3 aromatic rings. The van der Waals surface area contributed by atoms with Crippen molar-refractivity contribution in [2.24, 2.45) is 0 Å². The van der Waals surface area contributed by atoms with Gasteiger partial charge in [-0.15, -0.1) is 0 Å². The molecule has 0 aliphatic rings. The maximum absolute atomic E-state index is 12.4. The highest BCUT2D eigenvalue weighted by molar-refractivity contribution is 6.05. The first kappa shape index (κ1) is 11.6. The summed E-state index contributed by atoms with van der Waals surface area (Å²) >= 11 is 0. The van der Waals surface area contributed by atoms with Gasteiger partial charge < -0.3 is 14.3 Å². The van der Waals surface area contributed by atoms with E-state index in [4.69, 9.17) is 4.42 Å². The van der Waals surface area contributed by atoms with Crippen LogP contribution in [0.2, 0.25) is 0 Å². The van der Waals surface area contributed by atoms with Gasteiger partial charge in [0.25, 0.3) is 5.91 Å². The van der Waals surface area contributed by atoms with Crippen molar-refractivity contribution >= 4 is 16.8 Å². The van der Waals surface area contributed by atoms with Crippen molar-refractivity contribution in [3.63, 3.8) is 0 Å². The monoisotopic (exact) mass is 254 g/mol. The number of hydrogen-bond donors (Lipinski definition) is 1. The minimum Gasteiger partial charge on any atom is -0.467 e. The zero-order valence-electron chi connectivity index (χ0n) is 10.6. The summed E-state index contributed by atoms with van der Waals surface area (Å²) in [4.78, 5) is 17.2. The molecule has 2 heterocycles. The molecule has 0 radical (unpaired) electrons. The standard InChI is InChI=1S/C15H14N2O2/c1-17(10-12-5-3-9-19-12)15(18)13-6-2-4-11-7-8-16-14(11)13/h2-9,16H,10H2,1H3. The summed E-state index contributed by atoms with van der Waals surface area (Å²) in [6.45, 7) is 0.461. The Bertz CT molecular complexity index is 698. The second-order valence-electron chi connectivity index (χ2n) is 4.49. The molecule has 0 unspecified atom stereocenters. The van der Waals surface area contributed by atoms with E-state index < -0.39 is 0 Å². The fraction of sp³-hybridized carbons (Fsp3) is 0.133. The molecule has 1 N–H and O–H groups in total. The van der Waals surface area contributed by atoms with Crippen LogP contribution in [0, 0.1) is 0 Å². The van der Waals surface area contributed by atoms with Crippen molar-refractivity contribution in [3.05, 3.63) is 60.2 Å². The first-order valence-corrected chi connectivity index (χ1v) is 6.09. The van der Waals surface area contributed by atoms with Crippen LogP contribution in [0.4, 0.5) is 0 Å². The smallest absolute Gasteiger partial charge is 0.256 e. The number of carbonyl (C=O) groups excluding carboxylic acids is 1. The molecular weight excluding hydrogens is 240 g/mol. The summed E-state index contributed by atoms with van der Waals surface area (Å²) in [7, 11) is 1.77. The molecule has 0 aliphatic heterocycles. The maximum atomic E-state index is 12.4. The summed E-state index contributed by atoms with van der Waals surface area (Å²) in [5.74, 6) is 0.749. The van der Waals surface area contributed by atoms with E-state index in [2.05, 4.69) is 4.98 Å². The number of hydrogen-bond acceptors (Lipinski definition) is 2. The number of fused-ring (bicyclic) bond motifs is 1. The summed E-state index contributed by atoms with van der Waals surface area (Å²) in [5, 5.41) is 1.04. The fourth-order valence-corrected chi connectivity index (χ4v) is 2.18. The van der Waals surface area contributed by atoms with Gasteiger partial charge in [-0.05, 0) is 24.3 Å². The highest BCUT2D eigenvalue weighted by atomic mass is 16.3. The fourth-order valence-electron chi connectivity index (χ4n) is 2.18. The van der Waals surface area contributed by atoms with Gasteiger partial charge in [-0.2, -0.15) is 0 Å². The van der Waals surface area contributed by atoms with E-state index in [1.54, 1.807) is 18.2 Å². The molecule has 0 saturated heterocycles. The molecule has 1 aromatic carbocycles. The minimum absolute atomic E-state index is 0.0237. The Morgan fingerprint density at radius 3 is 2.95 bits per heavy atom. The van der Waals surface area contributed by atoms with Gasteiger partial charge in [0, 0.05) is 18.6 Å². The number of furan rings is 1. The Labute approximate surface area is 110 Å². The normalized spacial score (nSPS) is 10.8. The number of benzene rings is 1. The molecule has 19 heavy (non-hydrogen) atoms. The summed E-state index contributed by atoms with van der Waals surface area (Å²) < 4.78 is 5.26. The number of amides is 1. The molecule has 0 bridgehead atoms. The van der Waals surface area contributed by atoms with E-state index in [-0.39, 0.29) is 5.91 Å². The van der Waals surface area contributed by atoms with Gasteiger partial charge in [0.15, 0.2) is 0 Å². The van der Waals surface area contributed by atoms with E-state index in [1.165, 1.54) is 0 Å². The molecule has 0 spiro atoms. The van der Waals surface area contributed by atoms with Crippen molar-refractivity contribution in [2.75, 3.05) is 7.05 Å². The molecule has 1 amide bonds. The van der Waals surface area contributed by atoms with E-state index >= 15 is 0 Å². The second kappa shape index (κ2) is 4.65. The Morgan fingerprint density at radius 2 is 2.16 bits per heavy atom. The van der Waals surface area contributed by atoms with Crippen molar-refractivity contribution in [1.82, 2.24) is 9.88 Å². The summed E-state index contributed by atoms with van der Waals surface area (Å²) in [6, 6.07) is 11.3. The summed E-state index contributed by atoms with van der Waals surface area (Å²) in [6.07, 6.45) is 3.45.